The molecule has 0 fully saturated rings. The van der Waals surface area contributed by atoms with E-state index in [9.17, 15) is 0 Å². The van der Waals surface area contributed by atoms with E-state index in [1.165, 1.54) is 21.7 Å². The molecule has 1 atom stereocenters. The van der Waals surface area contributed by atoms with Crippen LogP contribution in [0.2, 0.25) is 0 Å². The van der Waals surface area contributed by atoms with Gasteiger partial charge < -0.3 is 10.4 Å². The summed E-state index contributed by atoms with van der Waals surface area (Å²) < 4.78 is 0. The maximum absolute atomic E-state index is 8.94. The zero-order valence-corrected chi connectivity index (χ0v) is 10.0. The lowest BCUT2D eigenvalue weighted by atomic mass is 10.1. The summed E-state index contributed by atoms with van der Waals surface area (Å²) in [4.78, 5) is 1.34. The Labute approximate surface area is 95.1 Å². The van der Waals surface area contributed by atoms with Crippen molar-refractivity contribution in [2.24, 2.45) is 0 Å². The van der Waals surface area contributed by atoms with Gasteiger partial charge in [0.05, 0.1) is 5.69 Å². The molecule has 1 aromatic carbocycles. The number of thioether (sulfide) groups is 1. The number of nitrogens with one attached hydrogen (secondary N) is 1. The zero-order valence-electron chi connectivity index (χ0n) is 9.21. The quantitative estimate of drug-likeness (QED) is 0.808. The maximum Gasteiger partial charge on any atom is 0.0513 e. The Kier molecular flexibility index (Phi) is 3.22. The highest BCUT2D eigenvalue weighted by atomic mass is 32.2. The van der Waals surface area contributed by atoms with Gasteiger partial charge >= 0.3 is 0 Å². The molecule has 1 aromatic rings. The van der Waals surface area contributed by atoms with Crippen LogP contribution in [0.15, 0.2) is 17.0 Å². The summed E-state index contributed by atoms with van der Waals surface area (Å²) >= 11 is 1.89. The molecule has 82 valence electrons. The highest BCUT2D eigenvalue weighted by molar-refractivity contribution is 7.99. The number of hydrogen-bond acceptors (Lipinski definition) is 3. The highest BCUT2D eigenvalue weighted by Gasteiger charge is 2.19. The van der Waals surface area contributed by atoms with Gasteiger partial charge in [-0.1, -0.05) is 6.07 Å². The molecule has 1 unspecified atom stereocenters. The lowest BCUT2D eigenvalue weighted by Crippen LogP contribution is -2.27. The van der Waals surface area contributed by atoms with Crippen molar-refractivity contribution < 1.29 is 5.11 Å². The normalized spacial score (nSPS) is 19.5. The molecular formula is C12H17NOS. The van der Waals surface area contributed by atoms with Crippen LogP contribution in [0.3, 0.4) is 0 Å². The molecule has 15 heavy (non-hydrogen) atoms. The summed E-state index contributed by atoms with van der Waals surface area (Å²) in [5.74, 6) is 1.05. The molecule has 0 aliphatic carbocycles. The van der Waals surface area contributed by atoms with Gasteiger partial charge in [0, 0.05) is 23.3 Å². The van der Waals surface area contributed by atoms with Crippen molar-refractivity contribution in [3.05, 3.63) is 23.3 Å². The molecular weight excluding hydrogens is 206 g/mol. The molecule has 0 bridgehead atoms. The number of aliphatic hydroxyl groups excluding tert-OH is 1. The first-order valence-corrected chi connectivity index (χ1v) is 6.31. The molecule has 0 radical (unpaired) electrons. The first-order chi connectivity index (χ1) is 7.22. The van der Waals surface area contributed by atoms with Crippen molar-refractivity contribution in [2.45, 2.75) is 31.2 Å². The van der Waals surface area contributed by atoms with Gasteiger partial charge in [-0.05, 0) is 37.5 Å². The number of aryl methyl sites for hydroxylation is 1. The molecule has 2 N–H and O–H groups in total. The summed E-state index contributed by atoms with van der Waals surface area (Å²) in [6, 6.07) is 4.77. The predicted octanol–water partition coefficient (Wildman–Crippen LogP) is 2.57. The Balaban J connectivity index is 2.27. The Bertz CT molecular complexity index is 365. The van der Waals surface area contributed by atoms with Crippen LogP contribution in [-0.2, 0) is 0 Å². The van der Waals surface area contributed by atoms with Crippen LogP contribution in [0.5, 0.6) is 0 Å². The molecule has 1 heterocycles. The Morgan fingerprint density at radius 3 is 3.00 bits per heavy atom. The number of rotatable bonds is 2. The smallest absolute Gasteiger partial charge is 0.0513 e. The Morgan fingerprint density at radius 2 is 2.27 bits per heavy atom. The van der Waals surface area contributed by atoms with E-state index in [1.54, 1.807) is 0 Å². The first-order valence-electron chi connectivity index (χ1n) is 5.32. The van der Waals surface area contributed by atoms with Crippen molar-refractivity contribution in [2.75, 3.05) is 17.7 Å². The standard InChI is InChI=1S/C12H17NOS/c1-8-3-4-11-12(9(8)2)13-10(5-6-14)7-15-11/h3-4,10,13-14H,5-7H2,1-2H3. The number of anilines is 1. The van der Waals surface area contributed by atoms with Crippen LogP contribution in [0.4, 0.5) is 5.69 Å². The molecule has 1 aliphatic heterocycles. The van der Waals surface area contributed by atoms with E-state index in [0.717, 1.165) is 12.2 Å². The summed E-state index contributed by atoms with van der Waals surface area (Å²) in [6.45, 7) is 4.55. The van der Waals surface area contributed by atoms with Gasteiger partial charge in [-0.2, -0.15) is 0 Å². The zero-order chi connectivity index (χ0) is 10.8. The van der Waals surface area contributed by atoms with E-state index in [0.29, 0.717) is 6.04 Å². The van der Waals surface area contributed by atoms with Crippen molar-refractivity contribution in [3.63, 3.8) is 0 Å². The fourth-order valence-electron chi connectivity index (χ4n) is 1.84. The minimum absolute atomic E-state index is 0.262. The molecule has 0 saturated heterocycles. The minimum atomic E-state index is 0.262. The maximum atomic E-state index is 8.94. The summed E-state index contributed by atoms with van der Waals surface area (Å²) in [6.07, 6.45) is 0.833. The molecule has 2 nitrogen and oxygen atoms in total. The fourth-order valence-corrected chi connectivity index (χ4v) is 2.99. The molecule has 0 saturated carbocycles. The lowest BCUT2D eigenvalue weighted by molar-refractivity contribution is 0.282. The van der Waals surface area contributed by atoms with E-state index in [2.05, 4.69) is 31.3 Å². The van der Waals surface area contributed by atoms with E-state index in [4.69, 9.17) is 5.11 Å². The van der Waals surface area contributed by atoms with E-state index < -0.39 is 0 Å². The average molecular weight is 223 g/mol. The average Bonchev–Trinajstić information content (AvgIpc) is 2.25. The SMILES string of the molecule is Cc1ccc2c(c1C)NC(CCO)CS2. The lowest BCUT2D eigenvalue weighted by Gasteiger charge is -2.28. The monoisotopic (exact) mass is 223 g/mol. The number of fused-ring (bicyclic) bond motifs is 1. The second-order valence-electron chi connectivity index (χ2n) is 4.05. The summed E-state index contributed by atoms with van der Waals surface area (Å²) in [5, 5.41) is 12.5. The summed E-state index contributed by atoms with van der Waals surface area (Å²) in [5.41, 5.74) is 3.93. The van der Waals surface area contributed by atoms with Crippen LogP contribution in [0.25, 0.3) is 0 Å². The van der Waals surface area contributed by atoms with Gasteiger partial charge in [-0.15, -0.1) is 11.8 Å². The van der Waals surface area contributed by atoms with Gasteiger partial charge in [-0.3, -0.25) is 0 Å². The minimum Gasteiger partial charge on any atom is -0.396 e. The van der Waals surface area contributed by atoms with Gasteiger partial charge in [-0.25, -0.2) is 0 Å². The predicted molar refractivity (Wildman–Crippen MR) is 65.8 cm³/mol. The summed E-state index contributed by atoms with van der Waals surface area (Å²) in [7, 11) is 0. The molecule has 1 aliphatic rings. The third kappa shape index (κ3) is 2.13. The third-order valence-electron chi connectivity index (χ3n) is 2.96. The van der Waals surface area contributed by atoms with Crippen molar-refractivity contribution in [1.82, 2.24) is 0 Å². The van der Waals surface area contributed by atoms with E-state index >= 15 is 0 Å². The van der Waals surface area contributed by atoms with Gasteiger partial charge in [0.25, 0.3) is 0 Å². The van der Waals surface area contributed by atoms with Crippen LogP contribution in [0.1, 0.15) is 17.5 Å². The second-order valence-corrected chi connectivity index (χ2v) is 5.11. The molecule has 0 aromatic heterocycles. The first kappa shape index (κ1) is 10.8. The van der Waals surface area contributed by atoms with Gasteiger partial charge in [0.1, 0.15) is 0 Å². The number of aliphatic hydroxyl groups is 1. The third-order valence-corrected chi connectivity index (χ3v) is 4.18. The molecule has 0 spiro atoms. The topological polar surface area (TPSA) is 32.3 Å². The van der Waals surface area contributed by atoms with Gasteiger partial charge in [0.15, 0.2) is 0 Å². The highest BCUT2D eigenvalue weighted by Crippen LogP contribution is 2.37. The van der Waals surface area contributed by atoms with Crippen LogP contribution in [0, 0.1) is 13.8 Å². The number of benzene rings is 1. The molecule has 3 heteroatoms. The van der Waals surface area contributed by atoms with Gasteiger partial charge in [0.2, 0.25) is 0 Å². The molecule has 2 rings (SSSR count). The molecule has 0 amide bonds. The second kappa shape index (κ2) is 4.45. The number of hydrogen-bond donors (Lipinski definition) is 2. The Hall–Kier alpha value is -0.670. The fraction of sp³-hybridized carbons (Fsp3) is 0.500. The van der Waals surface area contributed by atoms with Crippen LogP contribution in [-0.4, -0.2) is 23.5 Å². The van der Waals surface area contributed by atoms with Crippen molar-refractivity contribution in [1.29, 1.82) is 0 Å². The van der Waals surface area contributed by atoms with E-state index in [1.807, 2.05) is 11.8 Å². The van der Waals surface area contributed by atoms with Crippen molar-refractivity contribution in [3.8, 4) is 0 Å². The van der Waals surface area contributed by atoms with Crippen molar-refractivity contribution >= 4 is 17.4 Å². The Morgan fingerprint density at radius 1 is 1.47 bits per heavy atom. The van der Waals surface area contributed by atoms with Crippen LogP contribution < -0.4 is 5.32 Å². The van der Waals surface area contributed by atoms with E-state index in [-0.39, 0.29) is 6.61 Å². The largest absolute Gasteiger partial charge is 0.396 e. The van der Waals surface area contributed by atoms with Crippen LogP contribution >= 0.6 is 11.8 Å².